The van der Waals surface area contributed by atoms with Gasteiger partial charge in [-0.2, -0.15) is 0 Å². The van der Waals surface area contributed by atoms with Crippen molar-refractivity contribution >= 4 is 60.5 Å². The van der Waals surface area contributed by atoms with Crippen LogP contribution in [-0.4, -0.2) is 32.5 Å². The predicted molar refractivity (Wildman–Crippen MR) is 111 cm³/mol. The first-order valence-corrected chi connectivity index (χ1v) is 11.2. The van der Waals surface area contributed by atoms with E-state index in [1.165, 1.54) is 42.5 Å². The van der Waals surface area contributed by atoms with Crippen LogP contribution in [0.5, 0.6) is 0 Å². The van der Waals surface area contributed by atoms with Gasteiger partial charge in [0.05, 0.1) is 11.3 Å². The molecular formula is C19H16ClNO5S2. The van der Waals surface area contributed by atoms with Gasteiger partial charge in [0.2, 0.25) is 15.8 Å². The van der Waals surface area contributed by atoms with E-state index in [0.717, 1.165) is 16.3 Å². The molecule has 0 fully saturated rings. The smallest absolute Gasteiger partial charge is 0.350 e. The van der Waals surface area contributed by atoms with Crippen LogP contribution in [0.1, 0.15) is 27.0 Å². The van der Waals surface area contributed by atoms with Crippen LogP contribution in [0.25, 0.3) is 10.1 Å². The number of anilines is 1. The average molecular weight is 438 g/mol. The number of carbonyl (C=O) groups is 2. The first-order chi connectivity index (χ1) is 13.2. The van der Waals surface area contributed by atoms with Crippen molar-refractivity contribution in [2.75, 3.05) is 11.0 Å². The Labute approximate surface area is 171 Å². The minimum Gasteiger partial charge on any atom is -0.450 e. The van der Waals surface area contributed by atoms with Crippen LogP contribution < -0.4 is 4.72 Å². The molecule has 0 saturated heterocycles. The van der Waals surface area contributed by atoms with Crippen molar-refractivity contribution in [2.45, 2.75) is 13.0 Å². The minimum absolute atomic E-state index is 0.246. The Kier molecular flexibility index (Phi) is 5.74. The Bertz CT molecular complexity index is 1150. The number of carbonyl (C=O) groups excluding carboxylic acids is 2. The number of Topliss-reactive ketones (excluding diaryl/α,β-unsaturated/α-hetero) is 1. The normalized spacial score (nSPS) is 12.5. The fraction of sp³-hybridized carbons (Fsp3) is 0.158. The lowest BCUT2D eigenvalue weighted by atomic mass is 10.1. The van der Waals surface area contributed by atoms with E-state index in [1.807, 2.05) is 24.3 Å². The van der Waals surface area contributed by atoms with Crippen LogP contribution in [-0.2, 0) is 14.8 Å². The second-order valence-electron chi connectivity index (χ2n) is 6.10. The van der Waals surface area contributed by atoms with Crippen molar-refractivity contribution in [3.63, 3.8) is 0 Å². The second kappa shape index (κ2) is 7.90. The van der Waals surface area contributed by atoms with Crippen molar-refractivity contribution < 1.29 is 22.7 Å². The highest BCUT2D eigenvalue weighted by atomic mass is 35.5. The van der Waals surface area contributed by atoms with Crippen LogP contribution in [0, 0.1) is 0 Å². The highest BCUT2D eigenvalue weighted by Crippen LogP contribution is 2.35. The van der Waals surface area contributed by atoms with Gasteiger partial charge in [0.25, 0.3) is 0 Å². The molecule has 1 unspecified atom stereocenters. The van der Waals surface area contributed by atoms with Gasteiger partial charge in [0.1, 0.15) is 4.88 Å². The molecule has 3 aromatic rings. The van der Waals surface area contributed by atoms with E-state index in [-0.39, 0.29) is 4.88 Å². The summed E-state index contributed by atoms with van der Waals surface area (Å²) in [6, 6.07) is 13.2. The average Bonchev–Trinajstić information content (AvgIpc) is 2.97. The molecule has 0 spiro atoms. The summed E-state index contributed by atoms with van der Waals surface area (Å²) in [6.45, 7) is 1.48. The van der Waals surface area contributed by atoms with E-state index >= 15 is 0 Å². The number of ketones is 1. The van der Waals surface area contributed by atoms with Crippen molar-refractivity contribution in [1.29, 1.82) is 0 Å². The number of esters is 1. The first kappa shape index (κ1) is 20.3. The molecule has 0 bridgehead atoms. The van der Waals surface area contributed by atoms with Gasteiger partial charge in [-0.1, -0.05) is 29.8 Å². The molecule has 0 radical (unpaired) electrons. The number of benzene rings is 2. The van der Waals surface area contributed by atoms with Crippen LogP contribution in [0.3, 0.4) is 0 Å². The molecule has 0 aliphatic carbocycles. The molecule has 0 saturated carbocycles. The zero-order valence-corrected chi connectivity index (χ0v) is 17.3. The van der Waals surface area contributed by atoms with E-state index < -0.39 is 27.9 Å². The minimum atomic E-state index is -3.40. The molecule has 3 rings (SSSR count). The zero-order valence-electron chi connectivity index (χ0n) is 14.9. The molecule has 0 amide bonds. The molecule has 1 aromatic heterocycles. The van der Waals surface area contributed by atoms with E-state index in [4.69, 9.17) is 16.3 Å². The third-order valence-corrected chi connectivity index (χ3v) is 6.11. The third kappa shape index (κ3) is 4.52. The lowest BCUT2D eigenvalue weighted by Crippen LogP contribution is -2.24. The van der Waals surface area contributed by atoms with Crippen molar-refractivity contribution in [3.05, 3.63) is 64.0 Å². The lowest BCUT2D eigenvalue weighted by Gasteiger charge is -2.12. The molecule has 6 nitrogen and oxygen atoms in total. The maximum Gasteiger partial charge on any atom is 0.350 e. The third-order valence-electron chi connectivity index (χ3n) is 3.85. The summed E-state index contributed by atoms with van der Waals surface area (Å²) in [4.78, 5) is 25.2. The topological polar surface area (TPSA) is 89.5 Å². The summed E-state index contributed by atoms with van der Waals surface area (Å²) in [5, 5.41) is 1.07. The van der Waals surface area contributed by atoms with Gasteiger partial charge in [0.15, 0.2) is 6.10 Å². The number of hydrogen-bond acceptors (Lipinski definition) is 6. The second-order valence-corrected chi connectivity index (χ2v) is 9.28. The van der Waals surface area contributed by atoms with Gasteiger partial charge < -0.3 is 4.74 Å². The molecule has 1 heterocycles. The van der Waals surface area contributed by atoms with Gasteiger partial charge in [0, 0.05) is 21.3 Å². The first-order valence-electron chi connectivity index (χ1n) is 8.16. The Hall–Kier alpha value is -2.42. The molecule has 9 heteroatoms. The molecule has 28 heavy (non-hydrogen) atoms. The molecule has 146 valence electrons. The Morgan fingerprint density at radius 2 is 1.75 bits per heavy atom. The Balaban J connectivity index is 1.72. The van der Waals surface area contributed by atoms with E-state index in [9.17, 15) is 18.0 Å². The van der Waals surface area contributed by atoms with E-state index in [0.29, 0.717) is 16.3 Å². The number of nitrogens with one attached hydrogen (secondary N) is 1. The Morgan fingerprint density at radius 3 is 2.36 bits per heavy atom. The monoisotopic (exact) mass is 437 g/mol. The van der Waals surface area contributed by atoms with Gasteiger partial charge >= 0.3 is 5.97 Å². The fourth-order valence-electron chi connectivity index (χ4n) is 2.56. The largest absolute Gasteiger partial charge is 0.450 e. The number of sulfonamides is 1. The highest BCUT2D eigenvalue weighted by Gasteiger charge is 2.24. The SMILES string of the molecule is CC(OC(=O)c1sc2ccccc2c1Cl)C(=O)c1ccc(NS(C)(=O)=O)cc1. The summed E-state index contributed by atoms with van der Waals surface area (Å²) in [6.07, 6.45) is 0.00898. The number of hydrogen-bond donors (Lipinski definition) is 1. The van der Waals surface area contributed by atoms with Crippen molar-refractivity contribution in [1.82, 2.24) is 0 Å². The van der Waals surface area contributed by atoms with Gasteiger partial charge in [-0.15, -0.1) is 11.3 Å². The number of halogens is 1. The maximum atomic E-state index is 12.5. The van der Waals surface area contributed by atoms with E-state index in [1.54, 1.807) is 0 Å². The maximum absolute atomic E-state index is 12.5. The predicted octanol–water partition coefficient (Wildman–Crippen LogP) is 4.35. The summed E-state index contributed by atoms with van der Waals surface area (Å²) < 4.78 is 30.9. The van der Waals surface area contributed by atoms with E-state index in [2.05, 4.69) is 4.72 Å². The van der Waals surface area contributed by atoms with Gasteiger partial charge in [-0.25, -0.2) is 13.2 Å². The van der Waals surface area contributed by atoms with Crippen molar-refractivity contribution in [3.8, 4) is 0 Å². The quantitative estimate of drug-likeness (QED) is 0.457. The number of thiophene rings is 1. The molecule has 0 aliphatic rings. The number of ether oxygens (including phenoxy) is 1. The lowest BCUT2D eigenvalue weighted by molar-refractivity contribution is 0.0324. The standard InChI is InChI=1S/C19H16ClNO5S2/c1-11(17(22)12-7-9-13(10-8-12)21-28(2,24)25)26-19(23)18-16(20)14-5-3-4-6-15(14)27-18/h3-11,21H,1-2H3. The highest BCUT2D eigenvalue weighted by molar-refractivity contribution is 7.92. The number of rotatable bonds is 6. The molecule has 1 N–H and O–H groups in total. The van der Waals surface area contributed by atoms with Crippen LogP contribution >= 0.6 is 22.9 Å². The summed E-state index contributed by atoms with van der Waals surface area (Å²) >= 11 is 7.48. The summed E-state index contributed by atoms with van der Waals surface area (Å²) in [5.74, 6) is -1.07. The van der Waals surface area contributed by atoms with Crippen LogP contribution in [0.2, 0.25) is 5.02 Å². The number of fused-ring (bicyclic) bond motifs is 1. The van der Waals surface area contributed by atoms with Gasteiger partial charge in [-0.3, -0.25) is 9.52 Å². The molecular weight excluding hydrogens is 422 g/mol. The van der Waals surface area contributed by atoms with Crippen molar-refractivity contribution in [2.24, 2.45) is 0 Å². The summed E-state index contributed by atoms with van der Waals surface area (Å²) in [7, 11) is -3.40. The molecule has 1 atom stereocenters. The Morgan fingerprint density at radius 1 is 1.11 bits per heavy atom. The summed E-state index contributed by atoms with van der Waals surface area (Å²) in [5.41, 5.74) is 0.627. The van der Waals surface area contributed by atoms with Gasteiger partial charge in [-0.05, 0) is 37.3 Å². The van der Waals surface area contributed by atoms with Crippen LogP contribution in [0.4, 0.5) is 5.69 Å². The molecule has 0 aliphatic heterocycles. The zero-order chi connectivity index (χ0) is 20.5. The molecule has 2 aromatic carbocycles. The fourth-order valence-corrected chi connectivity index (χ4v) is 4.52. The van der Waals surface area contributed by atoms with Crippen LogP contribution in [0.15, 0.2) is 48.5 Å².